The molecule has 1 aliphatic rings. The number of rotatable bonds is 3. The predicted octanol–water partition coefficient (Wildman–Crippen LogP) is 3.13. The summed E-state index contributed by atoms with van der Waals surface area (Å²) in [4.78, 5) is 16.0. The molecule has 2 atom stereocenters. The topological polar surface area (TPSA) is 46.9 Å². The summed E-state index contributed by atoms with van der Waals surface area (Å²) >= 11 is 0. The second-order valence-corrected chi connectivity index (χ2v) is 5.82. The van der Waals surface area contributed by atoms with E-state index in [1.807, 2.05) is 12.4 Å². The first-order valence-electron chi connectivity index (χ1n) is 7.54. The molecule has 21 heavy (non-hydrogen) atoms. The maximum absolute atomic E-state index is 11.5. The Labute approximate surface area is 124 Å². The van der Waals surface area contributed by atoms with Crippen LogP contribution in [0.2, 0.25) is 0 Å². The molecule has 4 nitrogen and oxygen atoms in total. The zero-order valence-electron chi connectivity index (χ0n) is 12.4. The van der Waals surface area contributed by atoms with Gasteiger partial charge >= 0.3 is 0 Å². The fraction of sp³-hybridized carbons (Fsp3) is 0.412. The number of nitrogens with one attached hydrogen (secondary N) is 1. The second kappa shape index (κ2) is 5.72. The lowest BCUT2D eigenvalue weighted by molar-refractivity contribution is -0.117. The minimum atomic E-state index is -0.0766. The van der Waals surface area contributed by atoms with Gasteiger partial charge in [-0.2, -0.15) is 0 Å². The van der Waals surface area contributed by atoms with Gasteiger partial charge in [0.1, 0.15) is 0 Å². The van der Waals surface area contributed by atoms with E-state index in [-0.39, 0.29) is 11.9 Å². The molecule has 3 rings (SSSR count). The molecule has 1 aliphatic carbocycles. The number of hydrogen-bond acceptors (Lipinski definition) is 2. The molecule has 0 bridgehead atoms. The number of para-hydroxylation sites is 1. The molecule has 1 saturated carbocycles. The van der Waals surface area contributed by atoms with Gasteiger partial charge < -0.3 is 9.88 Å². The van der Waals surface area contributed by atoms with E-state index in [1.165, 1.54) is 17.2 Å². The minimum Gasteiger partial charge on any atom is -0.350 e. The van der Waals surface area contributed by atoms with E-state index in [0.29, 0.717) is 6.04 Å². The van der Waals surface area contributed by atoms with Crippen LogP contribution in [0.4, 0.5) is 0 Å². The van der Waals surface area contributed by atoms with Gasteiger partial charge in [0, 0.05) is 12.1 Å². The maximum Gasteiger partial charge on any atom is 0.243 e. The van der Waals surface area contributed by atoms with Gasteiger partial charge in [-0.3, -0.25) is 4.79 Å². The Morgan fingerprint density at radius 3 is 3.14 bits per heavy atom. The maximum atomic E-state index is 11.5. The van der Waals surface area contributed by atoms with Crippen LogP contribution in [0, 0.1) is 6.92 Å². The lowest BCUT2D eigenvalue weighted by atomic mass is 9.90. The number of hydrogen-bond donors (Lipinski definition) is 1. The summed E-state index contributed by atoms with van der Waals surface area (Å²) in [6.07, 6.45) is 7.56. The van der Waals surface area contributed by atoms with Crippen molar-refractivity contribution in [2.45, 2.75) is 44.7 Å². The Morgan fingerprint density at radius 1 is 1.48 bits per heavy atom. The lowest BCUT2D eigenvalue weighted by Gasteiger charge is -2.31. The standard InChI is InChI=1S/C17H21N3O/c1-3-16(21)19-13-7-5-8-14(10-13)20-11-18-15-9-4-6-12(2)17(15)20/h3-4,6,9,11,13-14H,1,5,7-8,10H2,2H3,(H,19,21)/t13-,14-/m1/s1. The van der Waals surface area contributed by atoms with E-state index in [1.54, 1.807) is 0 Å². The number of amides is 1. The third kappa shape index (κ3) is 2.71. The summed E-state index contributed by atoms with van der Waals surface area (Å²) in [6.45, 7) is 5.65. The lowest BCUT2D eigenvalue weighted by Crippen LogP contribution is -2.37. The Balaban J connectivity index is 1.85. The summed E-state index contributed by atoms with van der Waals surface area (Å²) in [6, 6.07) is 6.86. The van der Waals surface area contributed by atoms with E-state index in [9.17, 15) is 4.79 Å². The fourth-order valence-corrected chi connectivity index (χ4v) is 3.35. The Morgan fingerprint density at radius 2 is 2.33 bits per heavy atom. The van der Waals surface area contributed by atoms with Crippen LogP contribution in [0.15, 0.2) is 37.2 Å². The second-order valence-electron chi connectivity index (χ2n) is 5.82. The summed E-state index contributed by atoms with van der Waals surface area (Å²) in [7, 11) is 0. The van der Waals surface area contributed by atoms with Crippen molar-refractivity contribution >= 4 is 16.9 Å². The zero-order valence-corrected chi connectivity index (χ0v) is 12.4. The number of carbonyl (C=O) groups excluding carboxylic acids is 1. The molecule has 4 heteroatoms. The number of aryl methyl sites for hydroxylation is 1. The van der Waals surface area contributed by atoms with Crippen molar-refractivity contribution in [3.8, 4) is 0 Å². The van der Waals surface area contributed by atoms with Gasteiger partial charge in [0.25, 0.3) is 0 Å². The summed E-state index contributed by atoms with van der Waals surface area (Å²) in [5.41, 5.74) is 3.52. The summed E-state index contributed by atoms with van der Waals surface area (Å²) in [5, 5.41) is 3.03. The van der Waals surface area contributed by atoms with E-state index in [4.69, 9.17) is 0 Å². The molecular weight excluding hydrogens is 262 g/mol. The largest absolute Gasteiger partial charge is 0.350 e. The SMILES string of the molecule is C=CC(=O)N[C@@H]1CCC[C@@H](n2cnc3cccc(C)c32)C1. The fourth-order valence-electron chi connectivity index (χ4n) is 3.35. The summed E-state index contributed by atoms with van der Waals surface area (Å²) in [5.74, 6) is -0.0766. The zero-order chi connectivity index (χ0) is 14.8. The van der Waals surface area contributed by atoms with Crippen molar-refractivity contribution in [2.75, 3.05) is 0 Å². The van der Waals surface area contributed by atoms with Crippen LogP contribution in [0.25, 0.3) is 11.0 Å². The van der Waals surface area contributed by atoms with E-state index < -0.39 is 0 Å². The average molecular weight is 283 g/mol. The Hall–Kier alpha value is -2.10. The molecule has 1 aromatic heterocycles. The van der Waals surface area contributed by atoms with E-state index >= 15 is 0 Å². The highest BCUT2D eigenvalue weighted by Gasteiger charge is 2.25. The van der Waals surface area contributed by atoms with Crippen LogP contribution >= 0.6 is 0 Å². The number of fused-ring (bicyclic) bond motifs is 1. The first-order valence-corrected chi connectivity index (χ1v) is 7.54. The Bertz CT molecular complexity index is 674. The molecule has 1 fully saturated rings. The first kappa shape index (κ1) is 13.9. The van der Waals surface area contributed by atoms with E-state index in [0.717, 1.165) is 31.2 Å². The van der Waals surface area contributed by atoms with Gasteiger partial charge in [0.2, 0.25) is 5.91 Å². The van der Waals surface area contributed by atoms with Crippen LogP contribution < -0.4 is 5.32 Å². The highest BCUT2D eigenvalue weighted by Crippen LogP contribution is 2.32. The van der Waals surface area contributed by atoms with Gasteiger partial charge in [-0.05, 0) is 50.3 Å². The molecule has 0 aliphatic heterocycles. The quantitative estimate of drug-likeness (QED) is 0.880. The number of aromatic nitrogens is 2. The van der Waals surface area contributed by atoms with Gasteiger partial charge in [-0.1, -0.05) is 18.7 Å². The Kier molecular flexibility index (Phi) is 3.78. The van der Waals surface area contributed by atoms with Crippen LogP contribution in [-0.4, -0.2) is 21.5 Å². The van der Waals surface area contributed by atoms with Gasteiger partial charge in [0.05, 0.1) is 17.4 Å². The molecule has 110 valence electrons. The van der Waals surface area contributed by atoms with Crippen molar-refractivity contribution in [2.24, 2.45) is 0 Å². The molecule has 2 aromatic rings. The monoisotopic (exact) mass is 283 g/mol. The molecule has 0 spiro atoms. The highest BCUT2D eigenvalue weighted by atomic mass is 16.1. The molecule has 1 amide bonds. The third-order valence-corrected chi connectivity index (χ3v) is 4.37. The average Bonchev–Trinajstić information content (AvgIpc) is 2.93. The number of imidazole rings is 1. The normalized spacial score (nSPS) is 22.1. The number of nitrogens with zero attached hydrogens (tertiary/aromatic N) is 2. The molecule has 0 unspecified atom stereocenters. The van der Waals surface area contributed by atoms with Gasteiger partial charge in [-0.15, -0.1) is 0 Å². The highest BCUT2D eigenvalue weighted by molar-refractivity contribution is 5.87. The van der Waals surface area contributed by atoms with Crippen molar-refractivity contribution < 1.29 is 4.79 Å². The van der Waals surface area contributed by atoms with Crippen LogP contribution in [-0.2, 0) is 4.79 Å². The molecule has 0 saturated heterocycles. The predicted molar refractivity (Wildman–Crippen MR) is 84.1 cm³/mol. The smallest absolute Gasteiger partial charge is 0.243 e. The van der Waals surface area contributed by atoms with E-state index in [2.05, 4.69) is 40.5 Å². The third-order valence-electron chi connectivity index (χ3n) is 4.37. The minimum absolute atomic E-state index is 0.0766. The van der Waals surface area contributed by atoms with Crippen molar-refractivity contribution in [3.05, 3.63) is 42.7 Å². The van der Waals surface area contributed by atoms with Crippen LogP contribution in [0.5, 0.6) is 0 Å². The van der Waals surface area contributed by atoms with Crippen molar-refractivity contribution in [1.82, 2.24) is 14.9 Å². The molecule has 1 heterocycles. The van der Waals surface area contributed by atoms with Crippen LogP contribution in [0.3, 0.4) is 0 Å². The van der Waals surface area contributed by atoms with Gasteiger partial charge in [-0.25, -0.2) is 4.98 Å². The molecular formula is C17H21N3O. The van der Waals surface area contributed by atoms with Crippen molar-refractivity contribution in [1.29, 1.82) is 0 Å². The van der Waals surface area contributed by atoms with Gasteiger partial charge in [0.15, 0.2) is 0 Å². The number of benzene rings is 1. The van der Waals surface area contributed by atoms with Crippen LogP contribution in [0.1, 0.15) is 37.3 Å². The van der Waals surface area contributed by atoms with Crippen molar-refractivity contribution in [3.63, 3.8) is 0 Å². The first-order chi connectivity index (χ1) is 10.2. The molecule has 1 aromatic carbocycles. The summed E-state index contributed by atoms with van der Waals surface area (Å²) < 4.78 is 2.29. The molecule has 0 radical (unpaired) electrons. The molecule has 1 N–H and O–H groups in total. The number of carbonyl (C=O) groups is 1.